The van der Waals surface area contributed by atoms with Gasteiger partial charge >= 0.3 is 5.97 Å². The number of aliphatic carboxylic acids is 1. The number of hydrogen-bond acceptors (Lipinski definition) is 4. The predicted octanol–water partition coefficient (Wildman–Crippen LogP) is 2.27. The van der Waals surface area contributed by atoms with Gasteiger partial charge in [0.05, 0.1) is 18.2 Å². The molecule has 19 heavy (non-hydrogen) atoms. The highest BCUT2D eigenvalue weighted by molar-refractivity contribution is 7.10. The van der Waals surface area contributed by atoms with Crippen molar-refractivity contribution in [3.63, 3.8) is 0 Å². The lowest BCUT2D eigenvalue weighted by molar-refractivity contribution is -0.137. The second-order valence-corrected chi connectivity index (χ2v) is 5.16. The number of nitrogens with zero attached hydrogens (tertiary/aromatic N) is 2. The maximum Gasteiger partial charge on any atom is 0.305 e. The summed E-state index contributed by atoms with van der Waals surface area (Å²) in [5.41, 5.74) is 1.06. The molecule has 0 aliphatic rings. The largest absolute Gasteiger partial charge is 0.481 e. The molecule has 2 aromatic heterocycles. The number of thiophene rings is 1. The van der Waals surface area contributed by atoms with Gasteiger partial charge in [-0.2, -0.15) is 5.10 Å². The Morgan fingerprint density at radius 1 is 1.58 bits per heavy atom. The van der Waals surface area contributed by atoms with Crippen molar-refractivity contribution >= 4 is 17.3 Å². The SMILES string of the molecule is CCn1nccc1CNC(CC(=O)O)c1cccs1. The number of aryl methyl sites for hydroxylation is 1. The Balaban J connectivity index is 2.02. The second-order valence-electron chi connectivity index (χ2n) is 4.19. The number of carboxylic acid groups (broad SMARTS) is 1. The van der Waals surface area contributed by atoms with Gasteiger partial charge in [-0.15, -0.1) is 11.3 Å². The van der Waals surface area contributed by atoms with Crippen LogP contribution in [0.25, 0.3) is 0 Å². The van der Waals surface area contributed by atoms with Crippen LogP contribution in [0.4, 0.5) is 0 Å². The van der Waals surface area contributed by atoms with E-state index < -0.39 is 5.97 Å². The molecule has 0 radical (unpaired) electrons. The van der Waals surface area contributed by atoms with Crippen LogP contribution in [-0.4, -0.2) is 20.9 Å². The fourth-order valence-electron chi connectivity index (χ4n) is 1.96. The van der Waals surface area contributed by atoms with Gasteiger partial charge in [-0.1, -0.05) is 6.07 Å². The van der Waals surface area contributed by atoms with Crippen LogP contribution in [0, 0.1) is 0 Å². The van der Waals surface area contributed by atoms with Gasteiger partial charge in [0.2, 0.25) is 0 Å². The normalized spacial score (nSPS) is 12.5. The predicted molar refractivity (Wildman–Crippen MR) is 74.1 cm³/mol. The second kappa shape index (κ2) is 6.49. The summed E-state index contributed by atoms with van der Waals surface area (Å²) in [6.45, 7) is 3.46. The number of aromatic nitrogens is 2. The third-order valence-electron chi connectivity index (χ3n) is 2.90. The smallest absolute Gasteiger partial charge is 0.305 e. The number of rotatable bonds is 7. The van der Waals surface area contributed by atoms with Gasteiger partial charge in [0.15, 0.2) is 0 Å². The van der Waals surface area contributed by atoms with Crippen LogP contribution in [0.1, 0.15) is 30.0 Å². The molecule has 1 atom stereocenters. The molecule has 6 heteroatoms. The Kier molecular flexibility index (Phi) is 4.70. The highest BCUT2D eigenvalue weighted by Gasteiger charge is 2.16. The van der Waals surface area contributed by atoms with E-state index in [0.717, 1.165) is 17.1 Å². The fraction of sp³-hybridized carbons (Fsp3) is 0.385. The van der Waals surface area contributed by atoms with Crippen LogP contribution in [-0.2, 0) is 17.9 Å². The van der Waals surface area contributed by atoms with E-state index in [1.807, 2.05) is 35.2 Å². The molecule has 2 N–H and O–H groups in total. The quantitative estimate of drug-likeness (QED) is 0.816. The molecule has 0 spiro atoms. The maximum absolute atomic E-state index is 10.9. The lowest BCUT2D eigenvalue weighted by atomic mass is 10.1. The highest BCUT2D eigenvalue weighted by atomic mass is 32.1. The van der Waals surface area contributed by atoms with Gasteiger partial charge in [0.1, 0.15) is 0 Å². The number of carboxylic acids is 1. The summed E-state index contributed by atoms with van der Waals surface area (Å²) in [6, 6.07) is 5.69. The minimum atomic E-state index is -0.796. The topological polar surface area (TPSA) is 67.2 Å². The minimum absolute atomic E-state index is 0.0841. The Morgan fingerprint density at radius 3 is 3.05 bits per heavy atom. The molecule has 0 saturated carbocycles. The van der Waals surface area contributed by atoms with Crippen molar-refractivity contribution in [1.82, 2.24) is 15.1 Å². The van der Waals surface area contributed by atoms with Crippen LogP contribution in [0.5, 0.6) is 0 Å². The molecule has 2 rings (SSSR count). The summed E-state index contributed by atoms with van der Waals surface area (Å²) in [6.07, 6.45) is 1.85. The molecule has 0 aliphatic heterocycles. The lowest BCUT2D eigenvalue weighted by Crippen LogP contribution is -2.24. The zero-order valence-electron chi connectivity index (χ0n) is 10.7. The summed E-state index contributed by atoms with van der Waals surface area (Å²) in [4.78, 5) is 12.0. The Bertz CT molecular complexity index is 522. The Hall–Kier alpha value is -1.66. The van der Waals surface area contributed by atoms with Crippen molar-refractivity contribution in [2.24, 2.45) is 0 Å². The van der Waals surface area contributed by atoms with Crippen LogP contribution >= 0.6 is 11.3 Å². The highest BCUT2D eigenvalue weighted by Crippen LogP contribution is 2.22. The standard InChI is InChI=1S/C13H17N3O2S/c1-2-16-10(5-6-15-16)9-14-11(8-13(17)18)12-4-3-7-19-12/h3-7,11,14H,2,8-9H2,1H3,(H,17,18). The van der Waals surface area contributed by atoms with E-state index in [0.29, 0.717) is 6.54 Å². The molecule has 0 aliphatic carbocycles. The van der Waals surface area contributed by atoms with Gasteiger partial charge in [-0.05, 0) is 24.4 Å². The molecular weight excluding hydrogens is 262 g/mol. The molecule has 2 heterocycles. The van der Waals surface area contributed by atoms with Crippen molar-refractivity contribution in [3.8, 4) is 0 Å². The van der Waals surface area contributed by atoms with E-state index in [1.54, 1.807) is 17.5 Å². The first-order chi connectivity index (χ1) is 9.20. The molecule has 2 aromatic rings. The van der Waals surface area contributed by atoms with Gasteiger partial charge in [-0.25, -0.2) is 0 Å². The molecule has 0 saturated heterocycles. The van der Waals surface area contributed by atoms with Gasteiger partial charge < -0.3 is 10.4 Å². The average molecular weight is 279 g/mol. The first kappa shape index (κ1) is 13.8. The number of nitrogens with one attached hydrogen (secondary N) is 1. The van der Waals surface area contributed by atoms with Gasteiger partial charge in [0, 0.05) is 24.2 Å². The van der Waals surface area contributed by atoms with Crippen molar-refractivity contribution in [2.75, 3.05) is 0 Å². The Morgan fingerprint density at radius 2 is 2.42 bits per heavy atom. The first-order valence-electron chi connectivity index (χ1n) is 6.20. The molecule has 0 bridgehead atoms. The van der Waals surface area contributed by atoms with Gasteiger partial charge in [0.25, 0.3) is 0 Å². The zero-order chi connectivity index (χ0) is 13.7. The van der Waals surface area contributed by atoms with Crippen LogP contribution in [0.3, 0.4) is 0 Å². The molecular formula is C13H17N3O2S. The summed E-state index contributed by atoms with van der Waals surface area (Å²) >= 11 is 1.57. The van der Waals surface area contributed by atoms with E-state index in [4.69, 9.17) is 5.11 Å². The van der Waals surface area contributed by atoms with E-state index in [9.17, 15) is 4.79 Å². The van der Waals surface area contributed by atoms with Crippen LogP contribution in [0.2, 0.25) is 0 Å². The van der Waals surface area contributed by atoms with Crippen molar-refractivity contribution in [2.45, 2.75) is 32.5 Å². The third kappa shape index (κ3) is 3.65. The molecule has 1 unspecified atom stereocenters. The molecule has 0 amide bonds. The summed E-state index contributed by atoms with van der Waals surface area (Å²) in [5, 5.41) is 18.4. The maximum atomic E-state index is 10.9. The molecule has 0 fully saturated rings. The summed E-state index contributed by atoms with van der Waals surface area (Å²) in [5.74, 6) is -0.796. The summed E-state index contributed by atoms with van der Waals surface area (Å²) in [7, 11) is 0. The molecule has 0 aromatic carbocycles. The zero-order valence-corrected chi connectivity index (χ0v) is 11.6. The van der Waals surface area contributed by atoms with E-state index >= 15 is 0 Å². The Labute approximate surface area is 115 Å². The van der Waals surface area contributed by atoms with Crippen molar-refractivity contribution < 1.29 is 9.90 Å². The van der Waals surface area contributed by atoms with Gasteiger partial charge in [-0.3, -0.25) is 9.48 Å². The lowest BCUT2D eigenvalue weighted by Gasteiger charge is -2.15. The fourth-order valence-corrected chi connectivity index (χ4v) is 2.76. The minimum Gasteiger partial charge on any atom is -0.481 e. The summed E-state index contributed by atoms with van der Waals surface area (Å²) < 4.78 is 1.90. The van der Waals surface area contributed by atoms with E-state index in [2.05, 4.69) is 10.4 Å². The van der Waals surface area contributed by atoms with Crippen LogP contribution in [0.15, 0.2) is 29.8 Å². The van der Waals surface area contributed by atoms with Crippen LogP contribution < -0.4 is 5.32 Å². The van der Waals surface area contributed by atoms with E-state index in [-0.39, 0.29) is 12.5 Å². The first-order valence-corrected chi connectivity index (χ1v) is 7.08. The molecule has 5 nitrogen and oxygen atoms in total. The van der Waals surface area contributed by atoms with E-state index in [1.165, 1.54) is 0 Å². The van der Waals surface area contributed by atoms with Crippen molar-refractivity contribution in [1.29, 1.82) is 0 Å². The molecule has 102 valence electrons. The third-order valence-corrected chi connectivity index (χ3v) is 3.88. The average Bonchev–Trinajstić information content (AvgIpc) is 3.04. The van der Waals surface area contributed by atoms with Crippen molar-refractivity contribution in [3.05, 3.63) is 40.3 Å². The monoisotopic (exact) mass is 279 g/mol. The number of carbonyl (C=O) groups is 1. The number of hydrogen-bond donors (Lipinski definition) is 2.